The van der Waals surface area contributed by atoms with Gasteiger partial charge in [0.05, 0.1) is 6.61 Å². The largest absolute Gasteiger partial charge is 0.490 e. The summed E-state index contributed by atoms with van der Waals surface area (Å²) < 4.78 is 12.1. The Balaban J connectivity index is 1.76. The molecular formula is C14H19NO2. The molecule has 2 aliphatic rings. The second-order valence-electron chi connectivity index (χ2n) is 5.17. The molecule has 0 radical (unpaired) electrons. The highest BCUT2D eigenvalue weighted by molar-refractivity contribution is 5.33. The van der Waals surface area contributed by atoms with Crippen molar-refractivity contribution in [2.24, 2.45) is 0 Å². The number of hydrogen-bond acceptors (Lipinski definition) is 3. The fourth-order valence-electron chi connectivity index (χ4n) is 2.56. The molecule has 0 N–H and O–H groups in total. The number of benzene rings is 1. The molecule has 1 aromatic rings. The van der Waals surface area contributed by atoms with Crippen LogP contribution in [0.5, 0.6) is 5.75 Å². The molecule has 0 bridgehead atoms. The van der Waals surface area contributed by atoms with Gasteiger partial charge in [-0.15, -0.1) is 0 Å². The molecule has 0 aromatic heterocycles. The van der Waals surface area contributed by atoms with Crippen molar-refractivity contribution in [3.8, 4) is 5.75 Å². The van der Waals surface area contributed by atoms with Gasteiger partial charge in [-0.05, 0) is 26.0 Å². The molecule has 17 heavy (non-hydrogen) atoms. The minimum atomic E-state index is -0.0640. The number of likely N-dealkylation sites (tertiary alicyclic amines) is 1. The van der Waals surface area contributed by atoms with Gasteiger partial charge in [0.15, 0.2) is 0 Å². The summed E-state index contributed by atoms with van der Waals surface area (Å²) in [6.07, 6.45) is 2.13. The van der Waals surface area contributed by atoms with Gasteiger partial charge < -0.3 is 14.4 Å². The first-order chi connectivity index (χ1) is 8.27. The van der Waals surface area contributed by atoms with Gasteiger partial charge in [-0.2, -0.15) is 0 Å². The van der Waals surface area contributed by atoms with Crippen LogP contribution in [-0.4, -0.2) is 37.2 Å². The Morgan fingerprint density at radius 2 is 1.94 bits per heavy atom. The van der Waals surface area contributed by atoms with Crippen LogP contribution in [0, 0.1) is 0 Å². The van der Waals surface area contributed by atoms with E-state index in [1.165, 1.54) is 5.56 Å². The van der Waals surface area contributed by atoms with E-state index in [2.05, 4.69) is 18.0 Å². The minimum absolute atomic E-state index is 0.0640. The van der Waals surface area contributed by atoms with Crippen molar-refractivity contribution in [2.45, 2.75) is 25.0 Å². The minimum Gasteiger partial charge on any atom is -0.490 e. The van der Waals surface area contributed by atoms with Crippen molar-refractivity contribution in [1.82, 2.24) is 4.90 Å². The number of rotatable bonds is 0. The van der Waals surface area contributed by atoms with E-state index >= 15 is 0 Å². The van der Waals surface area contributed by atoms with E-state index in [-0.39, 0.29) is 5.60 Å². The lowest BCUT2D eigenvalue weighted by Gasteiger charge is -2.38. The summed E-state index contributed by atoms with van der Waals surface area (Å²) in [6.45, 7) is 3.57. The Morgan fingerprint density at radius 3 is 2.76 bits per heavy atom. The number of para-hydroxylation sites is 1. The maximum Gasteiger partial charge on any atom is 0.124 e. The van der Waals surface area contributed by atoms with Crippen molar-refractivity contribution in [1.29, 1.82) is 0 Å². The van der Waals surface area contributed by atoms with E-state index in [9.17, 15) is 0 Å². The third kappa shape index (κ3) is 2.17. The fourth-order valence-corrected chi connectivity index (χ4v) is 2.56. The Morgan fingerprint density at radius 1 is 1.18 bits per heavy atom. The lowest BCUT2D eigenvalue weighted by molar-refractivity contribution is -0.104. The molecule has 3 heteroatoms. The Hall–Kier alpha value is -1.06. The molecule has 1 aromatic carbocycles. The summed E-state index contributed by atoms with van der Waals surface area (Å²) in [6, 6.07) is 8.18. The summed E-state index contributed by atoms with van der Waals surface area (Å²) in [4.78, 5) is 2.35. The molecule has 2 heterocycles. The molecule has 1 spiro atoms. The molecule has 0 saturated carbocycles. The van der Waals surface area contributed by atoms with Gasteiger partial charge in [0, 0.05) is 18.7 Å². The topological polar surface area (TPSA) is 21.7 Å². The van der Waals surface area contributed by atoms with Crippen LogP contribution < -0.4 is 4.74 Å². The van der Waals surface area contributed by atoms with Crippen LogP contribution >= 0.6 is 0 Å². The number of nitrogens with zero attached hydrogens (tertiary/aromatic N) is 1. The zero-order valence-corrected chi connectivity index (χ0v) is 10.3. The SMILES string of the molecule is CN1CCC2(CC1)COc1ccccc1CO2. The highest BCUT2D eigenvalue weighted by atomic mass is 16.6. The number of piperidine rings is 1. The van der Waals surface area contributed by atoms with Crippen molar-refractivity contribution >= 4 is 0 Å². The number of hydrogen-bond donors (Lipinski definition) is 0. The molecule has 0 unspecified atom stereocenters. The molecule has 0 amide bonds. The Bertz CT molecular complexity index is 368. The molecule has 0 aliphatic carbocycles. The van der Waals surface area contributed by atoms with E-state index in [0.717, 1.165) is 31.7 Å². The molecule has 3 nitrogen and oxygen atoms in total. The molecule has 92 valence electrons. The maximum absolute atomic E-state index is 6.15. The lowest BCUT2D eigenvalue weighted by atomic mass is 9.92. The van der Waals surface area contributed by atoms with Crippen LogP contribution in [0.15, 0.2) is 24.3 Å². The average molecular weight is 233 g/mol. The van der Waals surface area contributed by atoms with E-state index < -0.39 is 0 Å². The van der Waals surface area contributed by atoms with E-state index in [0.29, 0.717) is 13.2 Å². The zero-order chi connectivity index (χ0) is 11.7. The first kappa shape index (κ1) is 11.1. The van der Waals surface area contributed by atoms with Crippen LogP contribution in [0.25, 0.3) is 0 Å². The maximum atomic E-state index is 6.15. The van der Waals surface area contributed by atoms with Crippen LogP contribution in [0.4, 0.5) is 0 Å². The van der Waals surface area contributed by atoms with Gasteiger partial charge >= 0.3 is 0 Å². The van der Waals surface area contributed by atoms with Gasteiger partial charge in [0.1, 0.15) is 18.0 Å². The average Bonchev–Trinajstić information content (AvgIpc) is 2.55. The highest BCUT2D eigenvalue weighted by Crippen LogP contribution is 2.33. The van der Waals surface area contributed by atoms with Crippen LogP contribution in [0.3, 0.4) is 0 Å². The van der Waals surface area contributed by atoms with E-state index in [1.807, 2.05) is 18.2 Å². The summed E-state index contributed by atoms with van der Waals surface area (Å²) in [5.74, 6) is 0.989. The first-order valence-electron chi connectivity index (χ1n) is 6.31. The highest BCUT2D eigenvalue weighted by Gasteiger charge is 2.37. The molecule has 2 aliphatic heterocycles. The van der Waals surface area contributed by atoms with Crippen molar-refractivity contribution in [3.05, 3.63) is 29.8 Å². The van der Waals surface area contributed by atoms with Crippen molar-refractivity contribution < 1.29 is 9.47 Å². The van der Waals surface area contributed by atoms with E-state index in [4.69, 9.17) is 9.47 Å². The van der Waals surface area contributed by atoms with Crippen LogP contribution in [0.1, 0.15) is 18.4 Å². The van der Waals surface area contributed by atoms with Gasteiger partial charge in [-0.3, -0.25) is 0 Å². The third-order valence-corrected chi connectivity index (χ3v) is 3.90. The smallest absolute Gasteiger partial charge is 0.124 e. The second kappa shape index (κ2) is 4.31. The van der Waals surface area contributed by atoms with Crippen molar-refractivity contribution in [3.63, 3.8) is 0 Å². The van der Waals surface area contributed by atoms with Crippen LogP contribution in [-0.2, 0) is 11.3 Å². The van der Waals surface area contributed by atoms with E-state index in [1.54, 1.807) is 0 Å². The summed E-state index contributed by atoms with van der Waals surface area (Å²) in [5, 5.41) is 0. The normalized spacial score (nSPS) is 23.8. The molecular weight excluding hydrogens is 214 g/mol. The standard InChI is InChI=1S/C14H19NO2/c1-15-8-6-14(7-9-15)11-16-13-5-3-2-4-12(13)10-17-14/h2-5H,6-11H2,1H3. The zero-order valence-electron chi connectivity index (χ0n) is 10.3. The molecule has 3 rings (SSSR count). The molecule has 1 fully saturated rings. The quantitative estimate of drug-likeness (QED) is 0.684. The van der Waals surface area contributed by atoms with Crippen LogP contribution in [0.2, 0.25) is 0 Å². The predicted octanol–water partition coefficient (Wildman–Crippen LogP) is 2.06. The lowest BCUT2D eigenvalue weighted by Crippen LogP contribution is -2.47. The Kier molecular flexibility index (Phi) is 2.81. The summed E-state index contributed by atoms with van der Waals surface area (Å²) in [7, 11) is 2.17. The first-order valence-corrected chi connectivity index (χ1v) is 6.31. The van der Waals surface area contributed by atoms with Gasteiger partial charge in [-0.1, -0.05) is 18.2 Å². The fraction of sp³-hybridized carbons (Fsp3) is 0.571. The monoisotopic (exact) mass is 233 g/mol. The third-order valence-electron chi connectivity index (χ3n) is 3.90. The molecule has 1 saturated heterocycles. The predicted molar refractivity (Wildman–Crippen MR) is 66.2 cm³/mol. The van der Waals surface area contributed by atoms with Gasteiger partial charge in [0.2, 0.25) is 0 Å². The summed E-state index contributed by atoms with van der Waals surface area (Å²) >= 11 is 0. The second-order valence-corrected chi connectivity index (χ2v) is 5.17. The van der Waals surface area contributed by atoms with Gasteiger partial charge in [-0.25, -0.2) is 0 Å². The summed E-state index contributed by atoms with van der Waals surface area (Å²) in [5.41, 5.74) is 1.11. The Labute approximate surface area is 102 Å². The van der Waals surface area contributed by atoms with Gasteiger partial charge in [0.25, 0.3) is 0 Å². The van der Waals surface area contributed by atoms with Crippen molar-refractivity contribution in [2.75, 3.05) is 26.7 Å². The molecule has 0 atom stereocenters. The number of fused-ring (bicyclic) bond motifs is 1. The number of ether oxygens (including phenoxy) is 2.